The van der Waals surface area contributed by atoms with Gasteiger partial charge in [-0.1, -0.05) is 30.3 Å². The number of aromatic nitrogens is 3. The molecule has 6 heteroatoms. The summed E-state index contributed by atoms with van der Waals surface area (Å²) in [6.45, 7) is 5.84. The zero-order valence-electron chi connectivity index (χ0n) is 14.2. The zero-order chi connectivity index (χ0) is 16.8. The van der Waals surface area contributed by atoms with E-state index in [1.54, 1.807) is 6.33 Å². The zero-order valence-corrected chi connectivity index (χ0v) is 14.2. The molecule has 1 aliphatic heterocycles. The number of hydrogen-bond donors (Lipinski definition) is 1. The number of nitrogens with zero attached hydrogens (tertiary/aromatic N) is 4. The Labute approximate surface area is 143 Å². The number of rotatable bonds is 7. The Hall–Kier alpha value is -1.76. The molecule has 130 valence electrons. The first kappa shape index (κ1) is 17.1. The molecule has 0 saturated carbocycles. The van der Waals surface area contributed by atoms with Crippen molar-refractivity contribution in [3.63, 3.8) is 0 Å². The molecule has 6 nitrogen and oxygen atoms in total. The highest BCUT2D eigenvalue weighted by atomic mass is 16.5. The lowest BCUT2D eigenvalue weighted by Crippen LogP contribution is -2.43. The van der Waals surface area contributed by atoms with E-state index in [1.165, 1.54) is 5.56 Å². The fraction of sp³-hybridized carbons (Fsp3) is 0.556. The molecule has 2 heterocycles. The predicted molar refractivity (Wildman–Crippen MR) is 91.6 cm³/mol. The van der Waals surface area contributed by atoms with Crippen molar-refractivity contribution in [2.45, 2.75) is 38.5 Å². The van der Waals surface area contributed by atoms with Crippen LogP contribution in [0.15, 0.2) is 36.7 Å². The maximum Gasteiger partial charge on any atom is 0.163 e. The van der Waals surface area contributed by atoms with Crippen LogP contribution in [-0.4, -0.2) is 57.1 Å². The van der Waals surface area contributed by atoms with Gasteiger partial charge >= 0.3 is 0 Å². The maximum atomic E-state index is 10.4. The SMILES string of the molecule is CCn1cnnc1[C@@H]1CN(C[C@@H](O)CCc2ccccc2)CCO1. The van der Waals surface area contributed by atoms with E-state index in [1.807, 2.05) is 22.8 Å². The van der Waals surface area contributed by atoms with Crippen molar-refractivity contribution in [1.82, 2.24) is 19.7 Å². The third-order valence-electron chi connectivity index (χ3n) is 4.50. The van der Waals surface area contributed by atoms with Gasteiger partial charge in [0.05, 0.1) is 12.7 Å². The van der Waals surface area contributed by atoms with E-state index in [9.17, 15) is 5.11 Å². The van der Waals surface area contributed by atoms with Gasteiger partial charge in [0.1, 0.15) is 12.4 Å². The summed E-state index contributed by atoms with van der Waals surface area (Å²) in [6, 6.07) is 10.3. The van der Waals surface area contributed by atoms with Gasteiger partial charge in [-0.2, -0.15) is 0 Å². The monoisotopic (exact) mass is 330 g/mol. The molecule has 2 aromatic rings. The summed E-state index contributed by atoms with van der Waals surface area (Å²) >= 11 is 0. The van der Waals surface area contributed by atoms with Crippen LogP contribution in [0.4, 0.5) is 0 Å². The van der Waals surface area contributed by atoms with Crippen LogP contribution < -0.4 is 0 Å². The second-order valence-corrected chi connectivity index (χ2v) is 6.27. The van der Waals surface area contributed by atoms with Crippen molar-refractivity contribution in [2.24, 2.45) is 0 Å². The van der Waals surface area contributed by atoms with Crippen molar-refractivity contribution >= 4 is 0 Å². The number of β-amino-alcohol motifs (C(OH)–C–C–N with tert-alkyl or cyclic N) is 1. The van der Waals surface area contributed by atoms with E-state index >= 15 is 0 Å². The van der Waals surface area contributed by atoms with Crippen LogP contribution in [0.25, 0.3) is 0 Å². The van der Waals surface area contributed by atoms with Gasteiger partial charge in [0.15, 0.2) is 5.82 Å². The van der Waals surface area contributed by atoms with Crippen molar-refractivity contribution in [3.8, 4) is 0 Å². The average Bonchev–Trinajstić information content (AvgIpc) is 3.10. The van der Waals surface area contributed by atoms with Crippen LogP contribution in [0.1, 0.15) is 30.8 Å². The lowest BCUT2D eigenvalue weighted by molar-refractivity contribution is -0.0478. The highest BCUT2D eigenvalue weighted by Gasteiger charge is 2.26. The topological polar surface area (TPSA) is 63.4 Å². The molecular formula is C18H26N4O2. The Bertz CT molecular complexity index is 616. The first-order valence-electron chi connectivity index (χ1n) is 8.70. The van der Waals surface area contributed by atoms with Crippen LogP contribution in [-0.2, 0) is 17.7 Å². The van der Waals surface area contributed by atoms with E-state index in [4.69, 9.17) is 4.74 Å². The summed E-state index contributed by atoms with van der Waals surface area (Å²) in [5.41, 5.74) is 1.27. The molecule has 0 amide bonds. The Morgan fingerprint density at radius 3 is 2.96 bits per heavy atom. The Morgan fingerprint density at radius 2 is 2.17 bits per heavy atom. The van der Waals surface area contributed by atoms with Gasteiger partial charge in [0.2, 0.25) is 0 Å². The molecule has 0 aliphatic carbocycles. The number of aliphatic hydroxyl groups excluding tert-OH is 1. The molecule has 0 radical (unpaired) electrons. The summed E-state index contributed by atoms with van der Waals surface area (Å²) in [6.07, 6.45) is 3.03. The summed E-state index contributed by atoms with van der Waals surface area (Å²) in [5, 5.41) is 18.5. The Morgan fingerprint density at radius 1 is 1.33 bits per heavy atom. The molecule has 1 aromatic carbocycles. The van der Waals surface area contributed by atoms with Gasteiger partial charge in [-0.05, 0) is 25.3 Å². The number of benzene rings is 1. The minimum Gasteiger partial charge on any atom is -0.392 e. The van der Waals surface area contributed by atoms with Gasteiger partial charge in [0.25, 0.3) is 0 Å². The van der Waals surface area contributed by atoms with E-state index in [2.05, 4.69) is 34.2 Å². The minimum absolute atomic E-state index is 0.0671. The molecule has 2 atom stereocenters. The van der Waals surface area contributed by atoms with Crippen LogP contribution in [0.2, 0.25) is 0 Å². The Kier molecular flexibility index (Phi) is 5.96. The summed E-state index contributed by atoms with van der Waals surface area (Å²) in [5.74, 6) is 0.876. The molecular weight excluding hydrogens is 304 g/mol. The summed E-state index contributed by atoms with van der Waals surface area (Å²) in [7, 11) is 0. The smallest absolute Gasteiger partial charge is 0.163 e. The first-order valence-corrected chi connectivity index (χ1v) is 8.70. The molecule has 1 N–H and O–H groups in total. The lowest BCUT2D eigenvalue weighted by atomic mass is 10.1. The third-order valence-corrected chi connectivity index (χ3v) is 4.50. The highest BCUT2D eigenvalue weighted by molar-refractivity contribution is 5.14. The second kappa shape index (κ2) is 8.37. The molecule has 3 rings (SSSR count). The van der Waals surface area contributed by atoms with E-state index in [-0.39, 0.29) is 12.2 Å². The number of ether oxygens (including phenoxy) is 1. The van der Waals surface area contributed by atoms with Gasteiger partial charge < -0.3 is 14.4 Å². The van der Waals surface area contributed by atoms with Gasteiger partial charge in [-0.15, -0.1) is 10.2 Å². The van der Waals surface area contributed by atoms with Gasteiger partial charge in [-0.25, -0.2) is 0 Å². The van der Waals surface area contributed by atoms with E-state index in [0.29, 0.717) is 13.2 Å². The highest BCUT2D eigenvalue weighted by Crippen LogP contribution is 2.21. The fourth-order valence-electron chi connectivity index (χ4n) is 3.15. The first-order chi connectivity index (χ1) is 11.8. The predicted octanol–water partition coefficient (Wildman–Crippen LogP) is 1.66. The maximum absolute atomic E-state index is 10.4. The van der Waals surface area contributed by atoms with E-state index in [0.717, 1.165) is 38.3 Å². The minimum atomic E-state index is -0.326. The van der Waals surface area contributed by atoms with Crippen molar-refractivity contribution in [2.75, 3.05) is 26.2 Å². The number of hydrogen-bond acceptors (Lipinski definition) is 5. The standard InChI is InChI=1S/C18H26N4O2/c1-2-22-14-19-20-18(22)17-13-21(10-11-24-17)12-16(23)9-8-15-6-4-3-5-7-15/h3-7,14,16-17,23H,2,8-13H2,1H3/t16-,17-/m0/s1. The van der Waals surface area contributed by atoms with Crippen LogP contribution in [0, 0.1) is 0 Å². The number of aliphatic hydroxyl groups is 1. The average molecular weight is 330 g/mol. The fourth-order valence-corrected chi connectivity index (χ4v) is 3.15. The molecule has 0 unspecified atom stereocenters. The number of morpholine rings is 1. The third kappa shape index (κ3) is 4.41. The van der Waals surface area contributed by atoms with Crippen molar-refractivity contribution in [1.29, 1.82) is 0 Å². The summed E-state index contributed by atoms with van der Waals surface area (Å²) < 4.78 is 7.87. The Balaban J connectivity index is 1.50. The van der Waals surface area contributed by atoms with Crippen LogP contribution >= 0.6 is 0 Å². The van der Waals surface area contributed by atoms with E-state index < -0.39 is 0 Å². The quantitative estimate of drug-likeness (QED) is 0.836. The largest absolute Gasteiger partial charge is 0.392 e. The summed E-state index contributed by atoms with van der Waals surface area (Å²) in [4.78, 5) is 2.26. The second-order valence-electron chi connectivity index (χ2n) is 6.27. The lowest BCUT2D eigenvalue weighted by Gasteiger charge is -2.33. The molecule has 1 aromatic heterocycles. The molecule has 1 aliphatic rings. The number of aryl methyl sites for hydroxylation is 2. The molecule has 1 saturated heterocycles. The van der Waals surface area contributed by atoms with Crippen LogP contribution in [0.3, 0.4) is 0 Å². The van der Waals surface area contributed by atoms with Gasteiger partial charge in [-0.3, -0.25) is 4.90 Å². The molecule has 24 heavy (non-hydrogen) atoms. The van der Waals surface area contributed by atoms with Crippen molar-refractivity contribution in [3.05, 3.63) is 48.0 Å². The molecule has 0 spiro atoms. The molecule has 1 fully saturated rings. The van der Waals surface area contributed by atoms with Crippen LogP contribution in [0.5, 0.6) is 0 Å². The normalized spacial score (nSPS) is 20.2. The van der Waals surface area contributed by atoms with Crippen molar-refractivity contribution < 1.29 is 9.84 Å². The molecule has 0 bridgehead atoms. The van der Waals surface area contributed by atoms with Gasteiger partial charge in [0, 0.05) is 26.2 Å².